The van der Waals surface area contributed by atoms with Gasteiger partial charge in [-0.25, -0.2) is 4.39 Å². The van der Waals surface area contributed by atoms with Gasteiger partial charge in [0, 0.05) is 17.5 Å². The third kappa shape index (κ3) is 3.77. The molecule has 0 aromatic heterocycles. The number of halogens is 1. The van der Waals surface area contributed by atoms with Gasteiger partial charge in [-0.1, -0.05) is 0 Å². The van der Waals surface area contributed by atoms with E-state index in [-0.39, 0.29) is 43.1 Å². The van der Waals surface area contributed by atoms with Gasteiger partial charge in [0.15, 0.2) is 23.0 Å². The first kappa shape index (κ1) is 23.3. The van der Waals surface area contributed by atoms with Crippen molar-refractivity contribution in [2.75, 3.05) is 40.0 Å². The molecule has 3 aliphatic rings. The van der Waals surface area contributed by atoms with Crippen LogP contribution in [0.15, 0.2) is 48.5 Å². The van der Waals surface area contributed by atoms with Crippen molar-refractivity contribution in [1.29, 1.82) is 0 Å². The average Bonchev–Trinajstić information content (AvgIpc) is 3.54. The first-order valence-electron chi connectivity index (χ1n) is 11.9. The summed E-state index contributed by atoms with van der Waals surface area (Å²) in [6, 6.07) is 13.5. The number of hydrogen-bond acceptors (Lipinski definition) is 8. The van der Waals surface area contributed by atoms with E-state index < -0.39 is 5.92 Å². The smallest absolute Gasteiger partial charge is 0.310 e. The van der Waals surface area contributed by atoms with Crippen LogP contribution in [0.5, 0.6) is 28.7 Å². The van der Waals surface area contributed by atoms with Gasteiger partial charge in [0.1, 0.15) is 5.82 Å². The fourth-order valence-corrected chi connectivity index (χ4v) is 5.75. The summed E-state index contributed by atoms with van der Waals surface area (Å²) in [6.45, 7) is 0.370. The summed E-state index contributed by atoms with van der Waals surface area (Å²) in [5.41, 5.74) is 3.41. The summed E-state index contributed by atoms with van der Waals surface area (Å²) in [5, 5.41) is 3.52. The van der Waals surface area contributed by atoms with Crippen LogP contribution in [0, 0.1) is 17.7 Å². The van der Waals surface area contributed by atoms with Crippen LogP contribution in [0.1, 0.15) is 28.7 Å². The fourth-order valence-electron chi connectivity index (χ4n) is 5.75. The van der Waals surface area contributed by atoms with Gasteiger partial charge in [0.2, 0.25) is 12.5 Å². The Labute approximate surface area is 213 Å². The third-order valence-electron chi connectivity index (χ3n) is 7.40. The van der Waals surface area contributed by atoms with Crippen LogP contribution >= 0.6 is 0 Å². The van der Waals surface area contributed by atoms with Crippen molar-refractivity contribution < 1.29 is 37.6 Å². The number of ether oxygens (including phenoxy) is 6. The quantitative estimate of drug-likeness (QED) is 0.482. The summed E-state index contributed by atoms with van der Waals surface area (Å²) in [6.07, 6.45) is 0. The zero-order valence-electron chi connectivity index (χ0n) is 20.6. The van der Waals surface area contributed by atoms with E-state index >= 15 is 0 Å². The molecular weight excluding hydrogens is 481 g/mol. The molecular formula is C28H26FNO7. The molecule has 0 bridgehead atoms. The standard InChI is InChI=1S/C28H26FNO7/c1-32-22-8-14(9-23(33-2)27(22)34-3)24-17-10-20-21(37-13-36-20)11-18(17)26(19-12-35-28(31)25(19)24)30-16-6-4-15(29)5-7-16/h4-11,19,24-26,30H,12-13H2,1-3H3/t19-,24+,25-,26?/m0/s1. The number of rotatable bonds is 6. The summed E-state index contributed by atoms with van der Waals surface area (Å²) in [4.78, 5) is 13.3. The zero-order chi connectivity index (χ0) is 25.7. The van der Waals surface area contributed by atoms with E-state index in [0.29, 0.717) is 28.7 Å². The van der Waals surface area contributed by atoms with E-state index in [1.165, 1.54) is 12.1 Å². The van der Waals surface area contributed by atoms with E-state index in [1.54, 1.807) is 33.5 Å². The second kappa shape index (κ2) is 9.06. The van der Waals surface area contributed by atoms with Gasteiger partial charge in [-0.3, -0.25) is 4.79 Å². The first-order valence-corrected chi connectivity index (χ1v) is 11.9. The Morgan fingerprint density at radius 3 is 2.14 bits per heavy atom. The zero-order valence-corrected chi connectivity index (χ0v) is 20.6. The minimum Gasteiger partial charge on any atom is -0.493 e. The topological polar surface area (TPSA) is 84.5 Å². The molecule has 0 radical (unpaired) electrons. The normalized spacial score (nSPS) is 23.1. The van der Waals surface area contributed by atoms with Crippen molar-refractivity contribution in [3.8, 4) is 28.7 Å². The van der Waals surface area contributed by atoms with Gasteiger partial charge in [-0.15, -0.1) is 0 Å². The van der Waals surface area contributed by atoms with Gasteiger partial charge >= 0.3 is 5.97 Å². The summed E-state index contributed by atoms with van der Waals surface area (Å²) < 4.78 is 47.4. The number of anilines is 1. The van der Waals surface area contributed by atoms with E-state index in [1.807, 2.05) is 24.3 Å². The summed E-state index contributed by atoms with van der Waals surface area (Å²) in [7, 11) is 4.67. The number of fused-ring (bicyclic) bond motifs is 3. The Hall–Kier alpha value is -4.14. The van der Waals surface area contributed by atoms with Gasteiger partial charge in [-0.2, -0.15) is 0 Å². The second-order valence-corrected chi connectivity index (χ2v) is 9.22. The van der Waals surface area contributed by atoms with E-state index in [9.17, 15) is 9.18 Å². The second-order valence-electron chi connectivity index (χ2n) is 9.22. The molecule has 1 unspecified atom stereocenters. The predicted molar refractivity (Wildman–Crippen MR) is 131 cm³/mol. The third-order valence-corrected chi connectivity index (χ3v) is 7.40. The van der Waals surface area contributed by atoms with E-state index in [2.05, 4.69) is 5.32 Å². The lowest BCUT2D eigenvalue weighted by atomic mass is 9.65. The molecule has 9 heteroatoms. The molecule has 8 nitrogen and oxygen atoms in total. The molecule has 2 aliphatic heterocycles. The summed E-state index contributed by atoms with van der Waals surface area (Å²) in [5.74, 6) is 1.04. The Morgan fingerprint density at radius 2 is 1.51 bits per heavy atom. The molecule has 1 N–H and O–H groups in total. The van der Waals surface area contributed by atoms with Crippen LogP contribution in [-0.2, 0) is 9.53 Å². The molecule has 2 heterocycles. The number of carbonyl (C=O) groups excluding carboxylic acids is 1. The maximum atomic E-state index is 13.6. The molecule has 3 aromatic carbocycles. The minimum absolute atomic E-state index is 0.123. The maximum Gasteiger partial charge on any atom is 0.310 e. The van der Waals surface area contributed by atoms with Crippen molar-refractivity contribution in [3.63, 3.8) is 0 Å². The molecule has 37 heavy (non-hydrogen) atoms. The molecule has 192 valence electrons. The van der Waals surface area contributed by atoms with E-state index in [0.717, 1.165) is 22.4 Å². The lowest BCUT2D eigenvalue weighted by Crippen LogP contribution is -2.37. The minimum atomic E-state index is -0.492. The highest BCUT2D eigenvalue weighted by Gasteiger charge is 2.52. The van der Waals surface area contributed by atoms with Gasteiger partial charge in [0.05, 0.1) is 39.9 Å². The average molecular weight is 508 g/mol. The van der Waals surface area contributed by atoms with Crippen LogP contribution in [0.25, 0.3) is 0 Å². The van der Waals surface area contributed by atoms with Crippen LogP contribution in [0.3, 0.4) is 0 Å². The Bertz CT molecular complexity index is 1330. The monoisotopic (exact) mass is 507 g/mol. The number of benzene rings is 3. The maximum absolute atomic E-state index is 13.6. The van der Waals surface area contributed by atoms with E-state index in [4.69, 9.17) is 28.4 Å². The highest BCUT2D eigenvalue weighted by atomic mass is 19.1. The lowest BCUT2D eigenvalue weighted by molar-refractivity contribution is -0.141. The first-order chi connectivity index (χ1) is 18.0. The molecule has 1 fully saturated rings. The molecule has 0 saturated carbocycles. The predicted octanol–water partition coefficient (Wildman–Crippen LogP) is 4.67. The number of carbonyl (C=O) groups is 1. The van der Waals surface area contributed by atoms with Crippen molar-refractivity contribution in [3.05, 3.63) is 71.0 Å². The van der Waals surface area contributed by atoms with Crippen LogP contribution < -0.4 is 29.0 Å². The Balaban J connectivity index is 1.54. The Morgan fingerprint density at radius 1 is 0.865 bits per heavy atom. The van der Waals surface area contributed by atoms with Crippen molar-refractivity contribution in [1.82, 2.24) is 0 Å². The fraction of sp³-hybridized carbons (Fsp3) is 0.321. The van der Waals surface area contributed by atoms with Crippen LogP contribution in [0.2, 0.25) is 0 Å². The van der Waals surface area contributed by atoms with Gasteiger partial charge in [0.25, 0.3) is 0 Å². The lowest BCUT2D eigenvalue weighted by Gasteiger charge is -2.40. The molecule has 3 aromatic rings. The number of esters is 1. The largest absolute Gasteiger partial charge is 0.493 e. The van der Waals surface area contributed by atoms with Gasteiger partial charge in [-0.05, 0) is 65.2 Å². The van der Waals surface area contributed by atoms with Gasteiger partial charge < -0.3 is 33.7 Å². The van der Waals surface area contributed by atoms with Crippen molar-refractivity contribution in [2.45, 2.75) is 12.0 Å². The molecule has 0 spiro atoms. The number of hydrogen-bond donors (Lipinski definition) is 1. The summed E-state index contributed by atoms with van der Waals surface area (Å²) >= 11 is 0. The van der Waals surface area contributed by atoms with Crippen LogP contribution in [0.4, 0.5) is 10.1 Å². The van der Waals surface area contributed by atoms with Crippen molar-refractivity contribution >= 4 is 11.7 Å². The van der Waals surface area contributed by atoms with Crippen LogP contribution in [-0.4, -0.2) is 40.7 Å². The molecule has 1 saturated heterocycles. The molecule has 4 atom stereocenters. The molecule has 6 rings (SSSR count). The number of methoxy groups -OCH3 is 3. The highest BCUT2D eigenvalue weighted by Crippen LogP contribution is 2.56. The highest BCUT2D eigenvalue weighted by molar-refractivity contribution is 5.79. The Kier molecular flexibility index (Phi) is 5.70. The SMILES string of the molecule is COc1cc([C@@H]2c3cc4c(cc3C(Nc3ccc(F)cc3)[C@H]3COC(=O)[C@H]23)OCO4)cc(OC)c1OC. The molecule has 0 amide bonds. The number of cyclic esters (lactones) is 1. The van der Waals surface area contributed by atoms with Crippen molar-refractivity contribution in [2.24, 2.45) is 11.8 Å². The molecule has 1 aliphatic carbocycles. The number of nitrogens with one attached hydrogen (secondary N) is 1.